The molecule has 0 atom stereocenters. The van der Waals surface area contributed by atoms with Crippen LogP contribution < -0.4 is 10.1 Å². The lowest BCUT2D eigenvalue weighted by atomic mass is 9.73. The molecule has 0 aromatic heterocycles. The zero-order valence-electron chi connectivity index (χ0n) is 13.0. The first kappa shape index (κ1) is 16.9. The van der Waals surface area contributed by atoms with Crippen molar-refractivity contribution in [3.63, 3.8) is 0 Å². The third-order valence-corrected chi connectivity index (χ3v) is 4.22. The monoisotopic (exact) mass is 295 g/mol. The molecule has 2 rings (SSSR count). The number of halogens is 1. The van der Waals surface area contributed by atoms with E-state index in [2.05, 4.69) is 32.2 Å². The van der Waals surface area contributed by atoms with Crippen molar-refractivity contribution in [2.24, 2.45) is 5.41 Å². The van der Waals surface area contributed by atoms with Crippen LogP contribution in [-0.4, -0.2) is 13.7 Å². The fourth-order valence-corrected chi connectivity index (χ4v) is 2.99. The van der Waals surface area contributed by atoms with E-state index >= 15 is 0 Å². The zero-order valence-corrected chi connectivity index (χ0v) is 13.8. The fraction of sp³-hybridized carbons (Fsp3) is 0.529. The number of ether oxygens (including phenoxy) is 1. The van der Waals surface area contributed by atoms with Gasteiger partial charge in [0.2, 0.25) is 0 Å². The van der Waals surface area contributed by atoms with Crippen molar-refractivity contribution in [2.45, 2.75) is 40.0 Å². The van der Waals surface area contributed by atoms with Gasteiger partial charge < -0.3 is 10.1 Å². The van der Waals surface area contributed by atoms with Crippen molar-refractivity contribution in [1.29, 1.82) is 0 Å². The van der Waals surface area contributed by atoms with Crippen LogP contribution in [0.2, 0.25) is 0 Å². The van der Waals surface area contributed by atoms with Gasteiger partial charge in [0.05, 0.1) is 7.11 Å². The van der Waals surface area contributed by atoms with Gasteiger partial charge in [0, 0.05) is 18.3 Å². The number of hydrogen-bond donors (Lipinski definition) is 1. The normalized spacial score (nSPS) is 17.4. The maximum Gasteiger partial charge on any atom is 0.120 e. The van der Waals surface area contributed by atoms with Crippen LogP contribution in [0, 0.1) is 5.41 Å². The lowest BCUT2D eigenvalue weighted by Gasteiger charge is -2.35. The van der Waals surface area contributed by atoms with Gasteiger partial charge in [-0.25, -0.2) is 0 Å². The molecule has 20 heavy (non-hydrogen) atoms. The van der Waals surface area contributed by atoms with E-state index in [0.29, 0.717) is 5.41 Å². The third-order valence-electron chi connectivity index (χ3n) is 4.22. The SMILES string of the molecule is COc1cccc(NCC2=C(C)CCCC2(C)C)c1.Cl. The van der Waals surface area contributed by atoms with E-state index in [1.165, 1.54) is 19.3 Å². The molecule has 1 aliphatic carbocycles. The van der Waals surface area contributed by atoms with Crippen LogP contribution in [0.4, 0.5) is 5.69 Å². The highest BCUT2D eigenvalue weighted by molar-refractivity contribution is 5.85. The summed E-state index contributed by atoms with van der Waals surface area (Å²) >= 11 is 0. The van der Waals surface area contributed by atoms with Gasteiger partial charge in [0.25, 0.3) is 0 Å². The number of hydrogen-bond acceptors (Lipinski definition) is 2. The van der Waals surface area contributed by atoms with Crippen molar-refractivity contribution in [2.75, 3.05) is 19.0 Å². The van der Waals surface area contributed by atoms with Crippen LogP contribution in [-0.2, 0) is 0 Å². The Hall–Kier alpha value is -1.15. The number of methoxy groups -OCH3 is 1. The highest BCUT2D eigenvalue weighted by atomic mass is 35.5. The Kier molecular flexibility index (Phi) is 5.94. The average molecular weight is 296 g/mol. The maximum atomic E-state index is 5.26. The standard InChI is InChI=1S/C17H25NO.ClH/c1-13-7-6-10-17(2,3)16(13)12-18-14-8-5-9-15(11-14)19-4;/h5,8-9,11,18H,6-7,10,12H2,1-4H3;1H. The van der Waals surface area contributed by atoms with Crippen LogP contribution in [0.3, 0.4) is 0 Å². The molecule has 112 valence electrons. The van der Waals surface area contributed by atoms with Crippen molar-refractivity contribution >= 4 is 18.1 Å². The topological polar surface area (TPSA) is 21.3 Å². The lowest BCUT2D eigenvalue weighted by Crippen LogP contribution is -2.25. The molecule has 0 bridgehead atoms. The maximum absolute atomic E-state index is 5.26. The molecule has 1 N–H and O–H groups in total. The highest BCUT2D eigenvalue weighted by Gasteiger charge is 2.27. The summed E-state index contributed by atoms with van der Waals surface area (Å²) in [5.74, 6) is 0.901. The second-order valence-electron chi connectivity index (χ2n) is 6.08. The van der Waals surface area contributed by atoms with Crippen LogP contribution >= 0.6 is 12.4 Å². The predicted molar refractivity (Wildman–Crippen MR) is 89.1 cm³/mol. The smallest absolute Gasteiger partial charge is 0.120 e. The molecule has 1 aromatic carbocycles. The van der Waals surface area contributed by atoms with Gasteiger partial charge in [-0.3, -0.25) is 0 Å². The number of allylic oxidation sites excluding steroid dienone is 1. The molecule has 0 amide bonds. The minimum atomic E-state index is 0. The largest absolute Gasteiger partial charge is 0.497 e. The van der Waals surface area contributed by atoms with Crippen molar-refractivity contribution in [1.82, 2.24) is 0 Å². The van der Waals surface area contributed by atoms with E-state index < -0.39 is 0 Å². The Bertz CT molecular complexity index is 480. The molecule has 0 aliphatic heterocycles. The molecule has 0 fully saturated rings. The summed E-state index contributed by atoms with van der Waals surface area (Å²) < 4.78 is 5.26. The van der Waals surface area contributed by atoms with E-state index in [0.717, 1.165) is 18.0 Å². The number of benzene rings is 1. The molecular formula is C17H26ClNO. The molecule has 1 aromatic rings. The van der Waals surface area contributed by atoms with Gasteiger partial charge in [0.1, 0.15) is 5.75 Å². The minimum absolute atomic E-state index is 0. The van der Waals surface area contributed by atoms with Gasteiger partial charge >= 0.3 is 0 Å². The Morgan fingerprint density at radius 1 is 1.30 bits per heavy atom. The van der Waals surface area contributed by atoms with E-state index in [-0.39, 0.29) is 12.4 Å². The molecule has 0 radical (unpaired) electrons. The summed E-state index contributed by atoms with van der Waals surface area (Å²) in [6, 6.07) is 8.13. The van der Waals surface area contributed by atoms with E-state index in [1.54, 1.807) is 18.3 Å². The van der Waals surface area contributed by atoms with Crippen LogP contribution in [0.5, 0.6) is 5.75 Å². The molecule has 0 saturated carbocycles. The highest BCUT2D eigenvalue weighted by Crippen LogP contribution is 2.40. The molecular weight excluding hydrogens is 270 g/mol. The Balaban J connectivity index is 0.00000200. The van der Waals surface area contributed by atoms with Gasteiger partial charge in [-0.1, -0.05) is 25.5 Å². The van der Waals surface area contributed by atoms with E-state index in [4.69, 9.17) is 4.74 Å². The first-order valence-corrected chi connectivity index (χ1v) is 7.10. The second-order valence-corrected chi connectivity index (χ2v) is 6.08. The summed E-state index contributed by atoms with van der Waals surface area (Å²) in [6.07, 6.45) is 3.86. The van der Waals surface area contributed by atoms with Crippen LogP contribution in [0.25, 0.3) is 0 Å². The molecule has 0 heterocycles. The Morgan fingerprint density at radius 2 is 2.05 bits per heavy atom. The summed E-state index contributed by atoms with van der Waals surface area (Å²) in [4.78, 5) is 0. The minimum Gasteiger partial charge on any atom is -0.497 e. The van der Waals surface area contributed by atoms with Crippen molar-refractivity contribution < 1.29 is 4.74 Å². The van der Waals surface area contributed by atoms with Gasteiger partial charge in [-0.05, 0) is 49.3 Å². The first-order chi connectivity index (χ1) is 9.03. The van der Waals surface area contributed by atoms with Gasteiger partial charge in [0.15, 0.2) is 0 Å². The molecule has 1 aliphatic rings. The molecule has 0 saturated heterocycles. The summed E-state index contributed by atoms with van der Waals surface area (Å²) in [7, 11) is 1.70. The van der Waals surface area contributed by atoms with E-state index in [1.807, 2.05) is 18.2 Å². The summed E-state index contributed by atoms with van der Waals surface area (Å²) in [5, 5.41) is 3.54. The van der Waals surface area contributed by atoms with Crippen molar-refractivity contribution in [3.05, 3.63) is 35.4 Å². The average Bonchev–Trinajstić information content (AvgIpc) is 2.37. The van der Waals surface area contributed by atoms with Gasteiger partial charge in [-0.15, -0.1) is 12.4 Å². The second kappa shape index (κ2) is 7.03. The lowest BCUT2D eigenvalue weighted by molar-refractivity contribution is 0.364. The van der Waals surface area contributed by atoms with Crippen LogP contribution in [0.1, 0.15) is 40.0 Å². The van der Waals surface area contributed by atoms with Crippen LogP contribution in [0.15, 0.2) is 35.4 Å². The molecule has 0 spiro atoms. The summed E-state index contributed by atoms with van der Waals surface area (Å²) in [6.45, 7) is 7.94. The Morgan fingerprint density at radius 3 is 2.70 bits per heavy atom. The quantitative estimate of drug-likeness (QED) is 0.784. The molecule has 0 unspecified atom stereocenters. The predicted octanol–water partition coefficient (Wildman–Crippen LogP) is 5.06. The van der Waals surface area contributed by atoms with Crippen molar-refractivity contribution in [3.8, 4) is 5.75 Å². The summed E-state index contributed by atoms with van der Waals surface area (Å²) in [5.41, 5.74) is 4.59. The zero-order chi connectivity index (χ0) is 13.9. The number of rotatable bonds is 4. The Labute approximate surface area is 129 Å². The first-order valence-electron chi connectivity index (χ1n) is 7.10. The number of anilines is 1. The number of nitrogens with one attached hydrogen (secondary N) is 1. The van der Waals surface area contributed by atoms with E-state index in [9.17, 15) is 0 Å². The van der Waals surface area contributed by atoms with Gasteiger partial charge in [-0.2, -0.15) is 0 Å². The molecule has 2 nitrogen and oxygen atoms in total. The fourth-order valence-electron chi connectivity index (χ4n) is 2.99. The third kappa shape index (κ3) is 3.92. The molecule has 3 heteroatoms.